The molecule has 0 unspecified atom stereocenters. The minimum Gasteiger partial charge on any atom is -0.357 e. The highest BCUT2D eigenvalue weighted by molar-refractivity contribution is 14.0. The van der Waals surface area contributed by atoms with E-state index in [1.165, 1.54) is 22.9 Å². The summed E-state index contributed by atoms with van der Waals surface area (Å²) in [4.78, 5) is 5.00. The Balaban J connectivity index is 0.00000420. The molecule has 7 heteroatoms. The number of nitrogens with zero attached hydrogens (tertiary/aromatic N) is 1. The van der Waals surface area contributed by atoms with Gasteiger partial charge >= 0.3 is 0 Å². The van der Waals surface area contributed by atoms with Crippen LogP contribution in [0.1, 0.15) is 34.7 Å². The fourth-order valence-corrected chi connectivity index (χ4v) is 4.24. The van der Waals surface area contributed by atoms with E-state index in [9.17, 15) is 8.42 Å². The molecule has 0 aliphatic rings. The molecule has 0 heterocycles. The first-order chi connectivity index (χ1) is 13.2. The number of sulfone groups is 1. The van der Waals surface area contributed by atoms with Crippen molar-refractivity contribution in [2.24, 2.45) is 4.99 Å². The van der Waals surface area contributed by atoms with Crippen LogP contribution in [0.2, 0.25) is 0 Å². The predicted octanol–water partition coefficient (Wildman–Crippen LogP) is 3.93. The Bertz CT molecular complexity index is 936. The third-order valence-electron chi connectivity index (χ3n) is 4.39. The summed E-state index contributed by atoms with van der Waals surface area (Å²) in [6.45, 7) is 10.1. The monoisotopic (exact) mass is 529 g/mol. The van der Waals surface area contributed by atoms with Gasteiger partial charge in [-0.25, -0.2) is 13.4 Å². The highest BCUT2D eigenvalue weighted by Gasteiger charge is 2.10. The van der Waals surface area contributed by atoms with Crippen LogP contribution in [0.5, 0.6) is 0 Å². The van der Waals surface area contributed by atoms with E-state index in [2.05, 4.69) is 47.7 Å². The molecule has 29 heavy (non-hydrogen) atoms. The number of aryl methyl sites for hydroxylation is 3. The molecule has 0 radical (unpaired) electrons. The van der Waals surface area contributed by atoms with Crippen molar-refractivity contribution in [1.82, 2.24) is 10.6 Å². The highest BCUT2D eigenvalue weighted by atomic mass is 127. The van der Waals surface area contributed by atoms with Gasteiger partial charge in [0.15, 0.2) is 15.8 Å². The van der Waals surface area contributed by atoms with Crippen molar-refractivity contribution in [2.45, 2.75) is 45.6 Å². The molecule has 5 nitrogen and oxygen atoms in total. The van der Waals surface area contributed by atoms with E-state index in [4.69, 9.17) is 0 Å². The van der Waals surface area contributed by atoms with Crippen LogP contribution in [0.15, 0.2) is 46.3 Å². The van der Waals surface area contributed by atoms with Crippen LogP contribution < -0.4 is 10.6 Å². The van der Waals surface area contributed by atoms with Gasteiger partial charge in [-0.3, -0.25) is 0 Å². The van der Waals surface area contributed by atoms with E-state index < -0.39 is 9.84 Å². The Morgan fingerprint density at radius 2 is 1.62 bits per heavy atom. The van der Waals surface area contributed by atoms with Gasteiger partial charge in [-0.2, -0.15) is 0 Å². The minimum absolute atomic E-state index is 0. The van der Waals surface area contributed by atoms with E-state index in [0.29, 0.717) is 11.4 Å². The maximum absolute atomic E-state index is 11.7. The number of benzene rings is 2. The summed E-state index contributed by atoms with van der Waals surface area (Å²) in [6, 6.07) is 12.0. The quantitative estimate of drug-likeness (QED) is 0.324. The first kappa shape index (κ1) is 25.4. The van der Waals surface area contributed by atoms with Crippen molar-refractivity contribution >= 4 is 39.8 Å². The average Bonchev–Trinajstić information content (AvgIpc) is 2.57. The van der Waals surface area contributed by atoms with Gasteiger partial charge < -0.3 is 10.6 Å². The molecule has 0 spiro atoms. The fourth-order valence-electron chi connectivity index (χ4n) is 3.28. The van der Waals surface area contributed by atoms with Crippen LogP contribution in [-0.4, -0.2) is 33.7 Å². The molecule has 0 aromatic heterocycles. The average molecular weight is 529 g/mol. The molecule has 0 amide bonds. The lowest BCUT2D eigenvalue weighted by Crippen LogP contribution is -2.38. The van der Waals surface area contributed by atoms with Gasteiger partial charge in [0, 0.05) is 19.3 Å². The molecule has 0 bridgehead atoms. The second kappa shape index (κ2) is 11.5. The van der Waals surface area contributed by atoms with Crippen molar-refractivity contribution in [3.05, 3.63) is 64.2 Å². The summed E-state index contributed by atoms with van der Waals surface area (Å²) < 4.78 is 23.5. The molecular weight excluding hydrogens is 497 g/mol. The number of aliphatic imine (C=N–C) groups is 1. The maximum Gasteiger partial charge on any atom is 0.191 e. The van der Waals surface area contributed by atoms with Crippen LogP contribution in [0.25, 0.3) is 0 Å². The molecule has 2 rings (SSSR count). The second-order valence-corrected chi connectivity index (χ2v) is 9.22. The van der Waals surface area contributed by atoms with Crippen molar-refractivity contribution in [2.75, 3.05) is 19.3 Å². The third kappa shape index (κ3) is 8.34. The number of hydrogen-bond donors (Lipinski definition) is 2. The second-order valence-electron chi connectivity index (χ2n) is 7.24. The summed E-state index contributed by atoms with van der Waals surface area (Å²) in [6.07, 6.45) is 2.16. The molecule has 0 saturated carbocycles. The summed E-state index contributed by atoms with van der Waals surface area (Å²) in [7, 11) is -3.20. The molecule has 2 aromatic rings. The first-order valence-corrected chi connectivity index (χ1v) is 11.5. The number of rotatable bonds is 7. The molecule has 0 fully saturated rings. The SMILES string of the molecule is CCNC(=NCc1ccc(S(C)(=O)=O)c(C)c1)NCCc1cc(C)cc(C)c1.I. The lowest BCUT2D eigenvalue weighted by Gasteiger charge is -2.12. The van der Waals surface area contributed by atoms with Crippen LogP contribution in [0.4, 0.5) is 0 Å². The molecule has 160 valence electrons. The standard InChI is InChI=1S/C22H31N3O2S.HI/c1-6-23-22(24-10-9-19-12-16(2)11-17(3)13-19)25-15-20-7-8-21(18(4)14-20)28(5,26)27;/h7-8,11-14H,6,9-10,15H2,1-5H3,(H2,23,24,25);1H. The number of guanidine groups is 1. The zero-order valence-electron chi connectivity index (χ0n) is 17.9. The van der Waals surface area contributed by atoms with Gasteiger partial charge in [0.1, 0.15) is 0 Å². The highest BCUT2D eigenvalue weighted by Crippen LogP contribution is 2.17. The van der Waals surface area contributed by atoms with E-state index >= 15 is 0 Å². The third-order valence-corrected chi connectivity index (χ3v) is 5.65. The Kier molecular flexibility index (Phi) is 10.1. The lowest BCUT2D eigenvalue weighted by atomic mass is 10.1. The Morgan fingerprint density at radius 1 is 0.966 bits per heavy atom. The minimum atomic E-state index is -3.20. The Morgan fingerprint density at radius 3 is 2.17 bits per heavy atom. The van der Waals surface area contributed by atoms with E-state index in [0.717, 1.165) is 36.6 Å². The Hall–Kier alpha value is -1.61. The lowest BCUT2D eigenvalue weighted by molar-refractivity contribution is 0.601. The van der Waals surface area contributed by atoms with E-state index in [1.807, 2.05) is 26.0 Å². The molecule has 0 aliphatic heterocycles. The van der Waals surface area contributed by atoms with E-state index in [1.54, 1.807) is 6.07 Å². The number of nitrogens with one attached hydrogen (secondary N) is 2. The van der Waals surface area contributed by atoms with Crippen LogP contribution in [-0.2, 0) is 22.8 Å². The predicted molar refractivity (Wildman–Crippen MR) is 132 cm³/mol. The maximum atomic E-state index is 11.7. The normalized spacial score (nSPS) is 11.7. The van der Waals surface area contributed by atoms with Crippen molar-refractivity contribution < 1.29 is 8.42 Å². The van der Waals surface area contributed by atoms with E-state index in [-0.39, 0.29) is 24.0 Å². The fraction of sp³-hybridized carbons (Fsp3) is 0.409. The van der Waals surface area contributed by atoms with Gasteiger partial charge in [-0.1, -0.05) is 41.5 Å². The van der Waals surface area contributed by atoms with Gasteiger partial charge in [0.05, 0.1) is 11.4 Å². The van der Waals surface area contributed by atoms with Crippen LogP contribution in [0, 0.1) is 20.8 Å². The molecular formula is C22H32IN3O2S. The zero-order chi connectivity index (χ0) is 20.7. The summed E-state index contributed by atoms with van der Waals surface area (Å²) in [5, 5.41) is 6.63. The van der Waals surface area contributed by atoms with Crippen molar-refractivity contribution in [1.29, 1.82) is 0 Å². The summed E-state index contributed by atoms with van der Waals surface area (Å²) in [5.41, 5.74) is 5.61. The van der Waals surface area contributed by atoms with Gasteiger partial charge in [0.2, 0.25) is 0 Å². The molecule has 0 saturated heterocycles. The van der Waals surface area contributed by atoms with Crippen LogP contribution in [0.3, 0.4) is 0 Å². The van der Waals surface area contributed by atoms with Gasteiger partial charge in [-0.05, 0) is 56.9 Å². The number of halogens is 1. The van der Waals surface area contributed by atoms with Crippen LogP contribution >= 0.6 is 24.0 Å². The molecule has 2 N–H and O–H groups in total. The van der Waals surface area contributed by atoms with Gasteiger partial charge in [-0.15, -0.1) is 24.0 Å². The smallest absolute Gasteiger partial charge is 0.191 e. The number of hydrogen-bond acceptors (Lipinski definition) is 3. The van der Waals surface area contributed by atoms with Crippen molar-refractivity contribution in [3.63, 3.8) is 0 Å². The Labute approximate surface area is 192 Å². The molecule has 0 atom stereocenters. The summed E-state index contributed by atoms with van der Waals surface area (Å²) >= 11 is 0. The zero-order valence-corrected chi connectivity index (χ0v) is 21.0. The summed E-state index contributed by atoms with van der Waals surface area (Å²) in [5.74, 6) is 0.761. The largest absolute Gasteiger partial charge is 0.357 e. The van der Waals surface area contributed by atoms with Crippen molar-refractivity contribution in [3.8, 4) is 0 Å². The van der Waals surface area contributed by atoms with Gasteiger partial charge in [0.25, 0.3) is 0 Å². The topological polar surface area (TPSA) is 70.6 Å². The molecule has 2 aromatic carbocycles. The molecule has 0 aliphatic carbocycles. The first-order valence-electron chi connectivity index (χ1n) is 9.58.